The highest BCUT2D eigenvalue weighted by Gasteiger charge is 2.46. The number of rotatable bonds is 14. The van der Waals surface area contributed by atoms with E-state index in [1.807, 2.05) is 44.2 Å². The van der Waals surface area contributed by atoms with Crippen LogP contribution in [0.4, 0.5) is 11.4 Å². The van der Waals surface area contributed by atoms with Crippen molar-refractivity contribution in [3.63, 3.8) is 0 Å². The van der Waals surface area contributed by atoms with Gasteiger partial charge in [0.1, 0.15) is 11.4 Å². The van der Waals surface area contributed by atoms with E-state index in [2.05, 4.69) is 59.7 Å². The molecule has 0 amide bonds. The first-order chi connectivity index (χ1) is 25.9. The standard InChI is InChI=1S/C42H46N2O9S2/c1-41(2)37(44(24-25-53-5)33-21-19-28-14-11-12-15-30(28)39(33)41)17-9-6-8-16-36-42(3,4)40-32-26-29(54(47,48)49)27-35(55(50,51)52)31(32)20-22-34(40)43(36)23-13-7-10-18-38(45)46/h6,8-9,11-12,14-17,19-22,26-27H,7,10,13,18,23-25H2,1-5H3,(H2-,45,46,47,48,49,50,51,52)/p+1. The summed E-state index contributed by atoms with van der Waals surface area (Å²) in [5.74, 6) is -0.861. The molecule has 2 heterocycles. The van der Waals surface area contributed by atoms with Gasteiger partial charge < -0.3 is 14.7 Å². The number of carbonyl (C=O) groups is 1. The van der Waals surface area contributed by atoms with E-state index in [0.29, 0.717) is 50.2 Å². The van der Waals surface area contributed by atoms with Crippen LogP contribution in [0.3, 0.4) is 0 Å². The number of unbranched alkanes of at least 4 members (excludes halogenated alkanes) is 2. The Morgan fingerprint density at radius 3 is 2.25 bits per heavy atom. The van der Waals surface area contributed by atoms with Crippen LogP contribution in [-0.2, 0) is 40.6 Å². The number of fused-ring (bicyclic) bond motifs is 6. The minimum atomic E-state index is -4.88. The van der Waals surface area contributed by atoms with Crippen LogP contribution in [0.25, 0.3) is 21.5 Å². The summed E-state index contributed by atoms with van der Waals surface area (Å²) in [6.07, 6.45) is 11.8. The second kappa shape index (κ2) is 15.1. The van der Waals surface area contributed by atoms with Crippen molar-refractivity contribution in [3.8, 4) is 0 Å². The fourth-order valence-electron chi connectivity index (χ4n) is 8.28. The third-order valence-electron chi connectivity index (χ3n) is 10.7. The van der Waals surface area contributed by atoms with Gasteiger partial charge in [-0.15, -0.1) is 0 Å². The van der Waals surface area contributed by atoms with Gasteiger partial charge in [-0.25, -0.2) is 0 Å². The first kappa shape index (κ1) is 40.0. The van der Waals surface area contributed by atoms with Crippen molar-refractivity contribution in [1.82, 2.24) is 0 Å². The molecule has 11 nitrogen and oxygen atoms in total. The predicted octanol–water partition coefficient (Wildman–Crippen LogP) is 7.95. The smallest absolute Gasteiger partial charge is 0.303 e. The van der Waals surface area contributed by atoms with Gasteiger partial charge in [0.25, 0.3) is 20.2 Å². The minimum absolute atomic E-state index is 0.0569. The summed E-state index contributed by atoms with van der Waals surface area (Å²) < 4.78 is 77.3. The highest BCUT2D eigenvalue weighted by atomic mass is 32.2. The molecule has 0 radical (unpaired) electrons. The minimum Gasteiger partial charge on any atom is -0.481 e. The lowest BCUT2D eigenvalue weighted by molar-refractivity contribution is -0.438. The SMILES string of the molecule is COCCN1C(=CC=CC=CC2=[N+](CCCCCC(=O)O)c3ccc4c(S(=O)(=O)O)cc(S(=O)(=O)O)cc4c3C2(C)C)C(C)(C)c2c1ccc1ccccc21. The number of anilines is 1. The van der Waals surface area contributed by atoms with Gasteiger partial charge in [0, 0.05) is 66.4 Å². The number of aliphatic carboxylic acids is 1. The Kier molecular flexibility index (Phi) is 11.0. The van der Waals surface area contributed by atoms with Crippen LogP contribution in [-0.4, -0.2) is 74.1 Å². The predicted molar refractivity (Wildman–Crippen MR) is 215 cm³/mol. The van der Waals surface area contributed by atoms with E-state index in [1.165, 1.54) is 28.5 Å². The lowest BCUT2D eigenvalue weighted by Gasteiger charge is -2.26. The summed E-state index contributed by atoms with van der Waals surface area (Å²) >= 11 is 0. The molecule has 3 N–H and O–H groups in total. The summed E-state index contributed by atoms with van der Waals surface area (Å²) in [5, 5.41) is 11.9. The molecule has 2 aliphatic rings. The van der Waals surface area contributed by atoms with Gasteiger partial charge in [0.15, 0.2) is 5.71 Å². The molecular weight excluding hydrogens is 741 g/mol. The summed E-state index contributed by atoms with van der Waals surface area (Å²) in [4.78, 5) is 12.2. The number of allylic oxidation sites excluding steroid dienone is 6. The number of methoxy groups -OCH3 is 1. The highest BCUT2D eigenvalue weighted by molar-refractivity contribution is 7.86. The topological polar surface area (TPSA) is 162 Å². The molecule has 4 aromatic carbocycles. The number of nitrogens with zero attached hydrogens (tertiary/aromatic N) is 2. The normalized spacial score (nSPS) is 17.4. The fourth-order valence-corrected chi connectivity index (χ4v) is 9.62. The molecule has 290 valence electrons. The average molecular weight is 788 g/mol. The van der Waals surface area contributed by atoms with Gasteiger partial charge in [-0.2, -0.15) is 21.4 Å². The van der Waals surface area contributed by atoms with E-state index in [-0.39, 0.29) is 22.6 Å². The number of hydrogen-bond donors (Lipinski definition) is 3. The molecule has 13 heteroatoms. The van der Waals surface area contributed by atoms with Gasteiger partial charge in [-0.05, 0) is 78.8 Å². The lowest BCUT2D eigenvalue weighted by atomic mass is 9.79. The summed E-state index contributed by atoms with van der Waals surface area (Å²) in [6, 6.07) is 18.0. The molecule has 2 aliphatic heterocycles. The van der Waals surface area contributed by atoms with Crippen LogP contribution in [0.2, 0.25) is 0 Å². The van der Waals surface area contributed by atoms with E-state index in [9.17, 15) is 30.7 Å². The van der Waals surface area contributed by atoms with E-state index in [1.54, 1.807) is 13.2 Å². The van der Waals surface area contributed by atoms with Crippen molar-refractivity contribution in [2.45, 2.75) is 74.0 Å². The average Bonchev–Trinajstić information content (AvgIpc) is 3.47. The molecule has 0 saturated carbocycles. The van der Waals surface area contributed by atoms with Gasteiger partial charge in [0.05, 0.1) is 16.9 Å². The molecule has 0 bridgehead atoms. The zero-order valence-electron chi connectivity index (χ0n) is 31.6. The number of benzene rings is 4. The van der Waals surface area contributed by atoms with Gasteiger partial charge >= 0.3 is 5.97 Å². The summed E-state index contributed by atoms with van der Waals surface area (Å²) in [6.45, 7) is 10.1. The van der Waals surface area contributed by atoms with Gasteiger partial charge in [-0.1, -0.05) is 62.4 Å². The van der Waals surface area contributed by atoms with Crippen molar-refractivity contribution in [1.29, 1.82) is 0 Å². The van der Waals surface area contributed by atoms with Crippen LogP contribution in [0, 0.1) is 0 Å². The van der Waals surface area contributed by atoms with E-state index in [4.69, 9.17) is 9.84 Å². The van der Waals surface area contributed by atoms with Crippen molar-refractivity contribution in [2.24, 2.45) is 0 Å². The molecular formula is C42H47N2O9S2+. The summed E-state index contributed by atoms with van der Waals surface area (Å²) in [5.41, 5.74) is 4.61. The van der Waals surface area contributed by atoms with Gasteiger partial charge in [0.2, 0.25) is 5.69 Å². The van der Waals surface area contributed by atoms with Crippen LogP contribution < -0.4 is 4.90 Å². The Bertz CT molecular complexity index is 2550. The Morgan fingerprint density at radius 2 is 1.56 bits per heavy atom. The number of ether oxygens (including phenoxy) is 1. The van der Waals surface area contributed by atoms with Crippen molar-refractivity contribution in [2.75, 3.05) is 31.7 Å². The van der Waals surface area contributed by atoms with Crippen LogP contribution in [0.5, 0.6) is 0 Å². The van der Waals surface area contributed by atoms with E-state index < -0.39 is 41.4 Å². The Hall–Kier alpha value is -4.66. The highest BCUT2D eigenvalue weighted by Crippen LogP contribution is 2.51. The first-order valence-electron chi connectivity index (χ1n) is 18.2. The van der Waals surface area contributed by atoms with Crippen molar-refractivity contribution >= 4 is 64.8 Å². The van der Waals surface area contributed by atoms with E-state index in [0.717, 1.165) is 23.2 Å². The Labute approximate surface area is 322 Å². The van der Waals surface area contributed by atoms with Crippen molar-refractivity contribution < 1.29 is 45.2 Å². The Balaban J connectivity index is 1.41. The monoisotopic (exact) mass is 787 g/mol. The van der Waals surface area contributed by atoms with Crippen molar-refractivity contribution in [3.05, 3.63) is 108 Å². The molecule has 0 aliphatic carbocycles. The molecule has 6 rings (SSSR count). The lowest BCUT2D eigenvalue weighted by Crippen LogP contribution is -2.28. The number of hydrogen-bond acceptors (Lipinski definition) is 7. The zero-order valence-corrected chi connectivity index (χ0v) is 33.2. The molecule has 0 spiro atoms. The molecule has 0 saturated heterocycles. The largest absolute Gasteiger partial charge is 0.481 e. The number of carboxylic acids is 1. The van der Waals surface area contributed by atoms with Crippen LogP contribution in [0.15, 0.2) is 107 Å². The van der Waals surface area contributed by atoms with Gasteiger partial charge in [-0.3, -0.25) is 13.9 Å². The number of carboxylic acid groups (broad SMARTS) is 1. The maximum Gasteiger partial charge on any atom is 0.303 e. The van der Waals surface area contributed by atoms with E-state index >= 15 is 0 Å². The third kappa shape index (κ3) is 7.64. The summed E-state index contributed by atoms with van der Waals surface area (Å²) in [7, 11) is -8.03. The third-order valence-corrected chi connectivity index (χ3v) is 12.5. The second-order valence-corrected chi connectivity index (χ2v) is 17.9. The second-order valence-electron chi connectivity index (χ2n) is 15.0. The maximum absolute atomic E-state index is 12.5. The van der Waals surface area contributed by atoms with Crippen LogP contribution in [0.1, 0.15) is 64.5 Å². The molecule has 4 aromatic rings. The van der Waals surface area contributed by atoms with Crippen LogP contribution >= 0.6 is 0 Å². The molecule has 0 aromatic heterocycles. The molecule has 0 unspecified atom stereocenters. The first-order valence-corrected chi connectivity index (χ1v) is 21.0. The molecule has 55 heavy (non-hydrogen) atoms. The molecule has 0 fully saturated rings. The maximum atomic E-state index is 12.5. The fraction of sp³-hybridized carbons (Fsp3) is 0.333. The molecule has 0 atom stereocenters. The Morgan fingerprint density at radius 1 is 0.818 bits per heavy atom. The zero-order chi connectivity index (χ0) is 39.9. The quantitative estimate of drug-likeness (QED) is 0.0495.